The van der Waals surface area contributed by atoms with Gasteiger partial charge in [-0.3, -0.25) is 9.59 Å². The highest BCUT2D eigenvalue weighted by molar-refractivity contribution is 9.10. The van der Waals surface area contributed by atoms with Gasteiger partial charge in [-0.2, -0.15) is 0 Å². The number of hydrogen-bond donors (Lipinski definition) is 2. The van der Waals surface area contributed by atoms with Gasteiger partial charge in [-0.15, -0.1) is 12.4 Å². The third kappa shape index (κ3) is 5.48. The molecule has 2 atom stereocenters. The maximum absolute atomic E-state index is 12.6. The van der Waals surface area contributed by atoms with E-state index in [0.717, 1.165) is 17.3 Å². The summed E-state index contributed by atoms with van der Waals surface area (Å²) < 4.78 is 0.927. The molecule has 3 N–H and O–H groups in total. The lowest BCUT2D eigenvalue weighted by molar-refractivity contribution is -0.124. The molecule has 0 spiro atoms. The van der Waals surface area contributed by atoms with Gasteiger partial charge in [-0.05, 0) is 50.5 Å². The summed E-state index contributed by atoms with van der Waals surface area (Å²) in [5, 5.41) is 2.88. The Morgan fingerprint density at radius 2 is 2.04 bits per heavy atom. The molecule has 1 aliphatic rings. The van der Waals surface area contributed by atoms with Gasteiger partial charge in [0, 0.05) is 29.2 Å². The van der Waals surface area contributed by atoms with Crippen molar-refractivity contribution in [2.75, 3.05) is 13.1 Å². The maximum Gasteiger partial charge on any atom is 0.254 e. The average Bonchev–Trinajstić information content (AvgIpc) is 2.96. The number of rotatable bonds is 5. The maximum atomic E-state index is 12.6. The van der Waals surface area contributed by atoms with Crippen LogP contribution in [0.15, 0.2) is 28.7 Å². The molecule has 23 heavy (non-hydrogen) atoms. The van der Waals surface area contributed by atoms with Crippen LogP contribution in [0.1, 0.15) is 36.5 Å². The Morgan fingerprint density at radius 1 is 1.39 bits per heavy atom. The Labute approximate surface area is 151 Å². The van der Waals surface area contributed by atoms with E-state index in [9.17, 15) is 9.59 Å². The molecule has 1 aromatic carbocycles. The number of benzene rings is 1. The van der Waals surface area contributed by atoms with E-state index in [1.54, 1.807) is 17.0 Å². The van der Waals surface area contributed by atoms with Crippen LogP contribution < -0.4 is 11.1 Å². The summed E-state index contributed by atoms with van der Waals surface area (Å²) in [5.74, 6) is -0.166. The van der Waals surface area contributed by atoms with Crippen LogP contribution in [0.2, 0.25) is 0 Å². The minimum Gasteiger partial charge on any atom is -0.354 e. The van der Waals surface area contributed by atoms with E-state index < -0.39 is 0 Å². The number of nitrogens with zero attached hydrogens (tertiary/aromatic N) is 1. The van der Waals surface area contributed by atoms with E-state index in [1.165, 1.54) is 0 Å². The van der Waals surface area contributed by atoms with Crippen molar-refractivity contribution in [2.45, 2.75) is 38.3 Å². The highest BCUT2D eigenvalue weighted by atomic mass is 79.9. The predicted octanol–water partition coefficient (Wildman–Crippen LogP) is 2.33. The summed E-state index contributed by atoms with van der Waals surface area (Å²) >= 11 is 3.35. The Bertz CT molecular complexity index is 537. The fourth-order valence-electron chi connectivity index (χ4n) is 2.58. The molecule has 0 bridgehead atoms. The zero-order valence-corrected chi connectivity index (χ0v) is 15.5. The lowest BCUT2D eigenvalue weighted by atomic mass is 10.1. The quantitative estimate of drug-likeness (QED) is 0.791. The average molecular weight is 405 g/mol. The van der Waals surface area contributed by atoms with Crippen LogP contribution in [0.4, 0.5) is 0 Å². The van der Waals surface area contributed by atoms with Crippen molar-refractivity contribution < 1.29 is 9.59 Å². The topological polar surface area (TPSA) is 75.4 Å². The zero-order valence-electron chi connectivity index (χ0n) is 13.1. The molecule has 0 aliphatic carbocycles. The van der Waals surface area contributed by atoms with Crippen LogP contribution in [-0.2, 0) is 4.79 Å². The highest BCUT2D eigenvalue weighted by Crippen LogP contribution is 2.21. The molecule has 0 aromatic heterocycles. The van der Waals surface area contributed by atoms with E-state index in [2.05, 4.69) is 21.2 Å². The van der Waals surface area contributed by atoms with Crippen LogP contribution in [0, 0.1) is 0 Å². The summed E-state index contributed by atoms with van der Waals surface area (Å²) in [6.07, 6.45) is 2.30. The van der Waals surface area contributed by atoms with Gasteiger partial charge in [0.15, 0.2) is 0 Å². The molecule has 1 fully saturated rings. The second-order valence-corrected chi connectivity index (χ2v) is 6.64. The number of nitrogens with one attached hydrogen (secondary N) is 1. The van der Waals surface area contributed by atoms with Crippen molar-refractivity contribution in [3.8, 4) is 0 Å². The van der Waals surface area contributed by atoms with Gasteiger partial charge in [0.2, 0.25) is 5.91 Å². The lowest BCUT2D eigenvalue weighted by Gasteiger charge is -2.24. The summed E-state index contributed by atoms with van der Waals surface area (Å²) in [5.41, 5.74) is 6.29. The molecule has 1 saturated heterocycles. The fourth-order valence-corrected chi connectivity index (χ4v) is 2.85. The Hall–Kier alpha value is -1.11. The molecule has 0 saturated carbocycles. The smallest absolute Gasteiger partial charge is 0.254 e. The van der Waals surface area contributed by atoms with E-state index in [-0.39, 0.29) is 36.3 Å². The van der Waals surface area contributed by atoms with Crippen LogP contribution in [0.3, 0.4) is 0 Å². The normalized spacial score (nSPS) is 18.2. The Kier molecular flexibility index (Phi) is 8.02. The van der Waals surface area contributed by atoms with E-state index >= 15 is 0 Å². The van der Waals surface area contributed by atoms with E-state index in [1.807, 2.05) is 19.1 Å². The van der Waals surface area contributed by atoms with Crippen molar-refractivity contribution in [3.63, 3.8) is 0 Å². The van der Waals surface area contributed by atoms with Crippen LogP contribution >= 0.6 is 28.3 Å². The van der Waals surface area contributed by atoms with Gasteiger partial charge in [-0.1, -0.05) is 15.9 Å². The first-order chi connectivity index (χ1) is 10.5. The summed E-state index contributed by atoms with van der Waals surface area (Å²) in [7, 11) is 0. The summed E-state index contributed by atoms with van der Waals surface area (Å²) in [4.78, 5) is 26.5. The van der Waals surface area contributed by atoms with Crippen molar-refractivity contribution >= 4 is 40.2 Å². The molecule has 7 heteroatoms. The van der Waals surface area contributed by atoms with Gasteiger partial charge in [0.25, 0.3) is 5.91 Å². The molecule has 1 heterocycles. The van der Waals surface area contributed by atoms with Crippen molar-refractivity contribution in [3.05, 3.63) is 34.3 Å². The van der Waals surface area contributed by atoms with Gasteiger partial charge >= 0.3 is 0 Å². The Morgan fingerprint density at radius 3 is 2.65 bits per heavy atom. The standard InChI is InChI=1S/C16H22BrN3O2.ClH/c1-11(18)8-9-19-15(21)14-3-2-10-20(14)16(22)12-4-6-13(17)7-5-12;/h4-7,11,14H,2-3,8-10,18H2,1H3,(H,19,21);1H. The minimum atomic E-state index is -0.371. The van der Waals surface area contributed by atoms with Crippen LogP contribution in [-0.4, -0.2) is 41.9 Å². The second kappa shape index (κ2) is 9.25. The first kappa shape index (κ1) is 19.9. The molecule has 1 aliphatic heterocycles. The third-order valence-corrected chi connectivity index (χ3v) is 4.34. The number of carbonyl (C=O) groups excluding carboxylic acids is 2. The van der Waals surface area contributed by atoms with Gasteiger partial charge in [0.05, 0.1) is 0 Å². The van der Waals surface area contributed by atoms with Gasteiger partial charge < -0.3 is 16.0 Å². The SMILES string of the molecule is CC(N)CCNC(=O)C1CCCN1C(=O)c1ccc(Br)cc1.Cl. The number of nitrogens with two attached hydrogens (primary N) is 1. The van der Waals surface area contributed by atoms with Crippen molar-refractivity contribution in [1.82, 2.24) is 10.2 Å². The molecule has 128 valence electrons. The number of likely N-dealkylation sites (tertiary alicyclic amines) is 1. The van der Waals surface area contributed by atoms with Gasteiger partial charge in [0.1, 0.15) is 6.04 Å². The number of amides is 2. The molecule has 2 amide bonds. The number of carbonyl (C=O) groups is 2. The lowest BCUT2D eigenvalue weighted by Crippen LogP contribution is -2.46. The monoisotopic (exact) mass is 403 g/mol. The predicted molar refractivity (Wildman–Crippen MR) is 96.7 cm³/mol. The van der Waals surface area contributed by atoms with Crippen LogP contribution in [0.25, 0.3) is 0 Å². The molecule has 2 rings (SSSR count). The molecule has 0 radical (unpaired) electrons. The van der Waals surface area contributed by atoms with E-state index in [0.29, 0.717) is 25.1 Å². The molecule has 2 unspecified atom stereocenters. The van der Waals surface area contributed by atoms with Crippen molar-refractivity contribution in [2.24, 2.45) is 5.73 Å². The summed E-state index contributed by atoms with van der Waals surface area (Å²) in [6.45, 7) is 3.08. The Balaban J connectivity index is 0.00000264. The summed E-state index contributed by atoms with van der Waals surface area (Å²) in [6, 6.07) is 6.90. The van der Waals surface area contributed by atoms with E-state index in [4.69, 9.17) is 5.73 Å². The zero-order chi connectivity index (χ0) is 16.1. The number of hydrogen-bond acceptors (Lipinski definition) is 3. The first-order valence-electron chi connectivity index (χ1n) is 7.59. The van der Waals surface area contributed by atoms with Gasteiger partial charge in [-0.25, -0.2) is 0 Å². The fraction of sp³-hybridized carbons (Fsp3) is 0.500. The molecular formula is C16H23BrClN3O2. The minimum absolute atomic E-state index is 0. The second-order valence-electron chi connectivity index (χ2n) is 5.72. The molecule has 5 nitrogen and oxygen atoms in total. The molecular weight excluding hydrogens is 382 g/mol. The van der Waals surface area contributed by atoms with Crippen molar-refractivity contribution in [1.29, 1.82) is 0 Å². The van der Waals surface area contributed by atoms with Crippen LogP contribution in [0.5, 0.6) is 0 Å². The highest BCUT2D eigenvalue weighted by Gasteiger charge is 2.34. The first-order valence-corrected chi connectivity index (χ1v) is 8.38. The largest absolute Gasteiger partial charge is 0.354 e. The third-order valence-electron chi connectivity index (χ3n) is 3.81. The number of halogens is 2. The molecule has 1 aromatic rings.